The van der Waals surface area contributed by atoms with E-state index in [4.69, 9.17) is 4.42 Å². The van der Waals surface area contributed by atoms with Gasteiger partial charge < -0.3 is 14.6 Å². The van der Waals surface area contributed by atoms with E-state index in [1.807, 2.05) is 13.8 Å². The number of nitrogens with zero attached hydrogens (tertiary/aromatic N) is 3. The molecule has 4 rings (SSSR count). The molecule has 1 aliphatic heterocycles. The Morgan fingerprint density at radius 2 is 2.00 bits per heavy atom. The maximum absolute atomic E-state index is 12.5. The summed E-state index contributed by atoms with van der Waals surface area (Å²) in [4.78, 5) is 38.1. The summed E-state index contributed by atoms with van der Waals surface area (Å²) in [6, 6.07) is 7.08. The van der Waals surface area contributed by atoms with Crippen LogP contribution in [0.5, 0.6) is 0 Å². The minimum atomic E-state index is -0.464. The molecule has 3 aromatic rings. The van der Waals surface area contributed by atoms with Crippen molar-refractivity contribution >= 4 is 17.6 Å². The van der Waals surface area contributed by atoms with E-state index in [0.717, 1.165) is 16.8 Å². The molecule has 2 N–H and O–H groups in total. The van der Waals surface area contributed by atoms with E-state index in [1.54, 1.807) is 29.2 Å². The molecule has 3 heterocycles. The predicted octanol–water partition coefficient (Wildman–Crippen LogP) is 2.22. The second kappa shape index (κ2) is 8.02. The molecule has 30 heavy (non-hydrogen) atoms. The average Bonchev–Trinajstić information content (AvgIpc) is 3.39. The van der Waals surface area contributed by atoms with E-state index in [-0.39, 0.29) is 18.2 Å². The summed E-state index contributed by atoms with van der Waals surface area (Å²) in [7, 11) is 0. The number of carbonyl (C=O) groups is 2. The Bertz CT molecular complexity index is 1120. The normalized spacial score (nSPS) is 13.0. The lowest BCUT2D eigenvalue weighted by Crippen LogP contribution is -2.27. The first-order valence-electron chi connectivity index (χ1n) is 9.80. The number of H-pyrrole nitrogens is 1. The number of amides is 2. The SMILES string of the molecule is CC(C)CC(=O)N1Cc2[nH]nc(NC(=O)Cc3ccc(-n4ccoc4=O)cc3)c2C1. The molecular weight excluding hydrogens is 386 g/mol. The molecule has 9 nitrogen and oxygen atoms in total. The van der Waals surface area contributed by atoms with Crippen molar-refractivity contribution in [1.82, 2.24) is 19.7 Å². The fourth-order valence-electron chi connectivity index (χ4n) is 3.49. The molecule has 0 bridgehead atoms. The first-order valence-corrected chi connectivity index (χ1v) is 9.80. The molecule has 0 atom stereocenters. The minimum Gasteiger partial charge on any atom is -0.416 e. The Balaban J connectivity index is 1.38. The van der Waals surface area contributed by atoms with Crippen LogP contribution in [0, 0.1) is 5.92 Å². The zero-order valence-electron chi connectivity index (χ0n) is 16.8. The zero-order valence-corrected chi connectivity index (χ0v) is 16.8. The quantitative estimate of drug-likeness (QED) is 0.648. The van der Waals surface area contributed by atoms with Gasteiger partial charge in [-0.1, -0.05) is 26.0 Å². The summed E-state index contributed by atoms with van der Waals surface area (Å²) in [5, 5.41) is 9.94. The van der Waals surface area contributed by atoms with Crippen LogP contribution in [0.15, 0.2) is 45.9 Å². The van der Waals surface area contributed by atoms with E-state index < -0.39 is 5.76 Å². The highest BCUT2D eigenvalue weighted by Crippen LogP contribution is 2.28. The highest BCUT2D eigenvalue weighted by Gasteiger charge is 2.28. The van der Waals surface area contributed by atoms with Crippen LogP contribution in [0.2, 0.25) is 0 Å². The number of hydrogen-bond acceptors (Lipinski definition) is 5. The molecule has 2 aromatic heterocycles. The zero-order chi connectivity index (χ0) is 21.3. The standard InChI is InChI=1S/C21H23N5O4/c1-13(2)9-19(28)25-11-16-17(12-25)23-24-20(16)22-18(27)10-14-3-5-15(6-4-14)26-7-8-30-21(26)29/h3-8,13H,9-12H2,1-2H3,(H2,22,23,24,27). The van der Waals surface area contributed by atoms with Gasteiger partial charge in [0.25, 0.3) is 0 Å². The van der Waals surface area contributed by atoms with E-state index in [2.05, 4.69) is 15.5 Å². The van der Waals surface area contributed by atoms with Gasteiger partial charge in [0.1, 0.15) is 6.26 Å². The van der Waals surface area contributed by atoms with Gasteiger partial charge in [-0.05, 0) is 23.6 Å². The van der Waals surface area contributed by atoms with Crippen molar-refractivity contribution in [3.8, 4) is 5.69 Å². The summed E-state index contributed by atoms with van der Waals surface area (Å²) in [5.74, 6) is 0.200. The molecule has 9 heteroatoms. The van der Waals surface area contributed by atoms with E-state index >= 15 is 0 Å². The molecule has 0 aliphatic carbocycles. The number of nitrogens with one attached hydrogen (secondary N) is 2. The number of carbonyl (C=O) groups excluding carboxylic acids is 2. The summed E-state index contributed by atoms with van der Waals surface area (Å²) in [6.07, 6.45) is 3.53. The summed E-state index contributed by atoms with van der Waals surface area (Å²) in [6.45, 7) is 4.96. The van der Waals surface area contributed by atoms with Gasteiger partial charge in [-0.15, -0.1) is 0 Å². The van der Waals surface area contributed by atoms with Gasteiger partial charge in [0.2, 0.25) is 11.8 Å². The lowest BCUT2D eigenvalue weighted by atomic mass is 10.1. The molecule has 2 amide bonds. The van der Waals surface area contributed by atoms with Crippen LogP contribution in [0.3, 0.4) is 0 Å². The Hall–Kier alpha value is -3.62. The van der Waals surface area contributed by atoms with E-state index in [9.17, 15) is 14.4 Å². The number of rotatable bonds is 6. The maximum Gasteiger partial charge on any atom is 0.423 e. The van der Waals surface area contributed by atoms with Crippen LogP contribution >= 0.6 is 0 Å². The molecule has 0 saturated heterocycles. The fourth-order valence-corrected chi connectivity index (χ4v) is 3.49. The number of oxazole rings is 1. The second-order valence-corrected chi connectivity index (χ2v) is 7.81. The highest BCUT2D eigenvalue weighted by molar-refractivity contribution is 5.92. The largest absolute Gasteiger partial charge is 0.423 e. The van der Waals surface area contributed by atoms with Crippen LogP contribution < -0.4 is 11.1 Å². The summed E-state index contributed by atoms with van der Waals surface area (Å²) >= 11 is 0. The molecule has 0 radical (unpaired) electrons. The molecule has 0 unspecified atom stereocenters. The van der Waals surface area contributed by atoms with Gasteiger partial charge in [0, 0.05) is 12.0 Å². The van der Waals surface area contributed by atoms with Crippen LogP contribution in [-0.4, -0.2) is 31.5 Å². The number of anilines is 1. The van der Waals surface area contributed by atoms with Crippen LogP contribution in [0.4, 0.5) is 5.82 Å². The Morgan fingerprint density at radius 3 is 2.67 bits per heavy atom. The van der Waals surface area contributed by atoms with Crippen molar-refractivity contribution in [2.75, 3.05) is 5.32 Å². The smallest absolute Gasteiger partial charge is 0.416 e. The van der Waals surface area contributed by atoms with E-state index in [1.165, 1.54) is 17.0 Å². The van der Waals surface area contributed by atoms with Crippen LogP contribution in [0.25, 0.3) is 5.69 Å². The van der Waals surface area contributed by atoms with Crippen molar-refractivity contribution in [2.45, 2.75) is 39.8 Å². The number of benzene rings is 1. The summed E-state index contributed by atoms with van der Waals surface area (Å²) < 4.78 is 6.14. The predicted molar refractivity (Wildman–Crippen MR) is 109 cm³/mol. The van der Waals surface area contributed by atoms with Gasteiger partial charge in [-0.3, -0.25) is 14.7 Å². The van der Waals surface area contributed by atoms with Crippen molar-refractivity contribution in [1.29, 1.82) is 0 Å². The van der Waals surface area contributed by atoms with Crippen LogP contribution in [0.1, 0.15) is 37.1 Å². The molecular formula is C21H23N5O4. The van der Waals surface area contributed by atoms with Crippen molar-refractivity contribution in [2.24, 2.45) is 5.92 Å². The Labute approximate surface area is 172 Å². The summed E-state index contributed by atoms with van der Waals surface area (Å²) in [5.41, 5.74) is 3.18. The molecule has 1 aromatic carbocycles. The van der Waals surface area contributed by atoms with Crippen molar-refractivity contribution in [3.05, 3.63) is 64.1 Å². The van der Waals surface area contributed by atoms with Crippen molar-refractivity contribution < 1.29 is 14.0 Å². The number of aromatic amines is 1. The number of fused-ring (bicyclic) bond motifs is 1. The van der Waals surface area contributed by atoms with E-state index in [0.29, 0.717) is 36.9 Å². The fraction of sp³-hybridized carbons (Fsp3) is 0.333. The van der Waals surface area contributed by atoms with Gasteiger partial charge in [-0.2, -0.15) is 5.10 Å². The third-order valence-electron chi connectivity index (χ3n) is 5.00. The second-order valence-electron chi connectivity index (χ2n) is 7.81. The molecule has 156 valence electrons. The molecule has 0 saturated carbocycles. The topological polar surface area (TPSA) is 113 Å². The number of hydrogen-bond donors (Lipinski definition) is 2. The maximum atomic E-state index is 12.5. The first kappa shape index (κ1) is 19.7. The highest BCUT2D eigenvalue weighted by atomic mass is 16.4. The Morgan fingerprint density at radius 1 is 1.23 bits per heavy atom. The first-order chi connectivity index (χ1) is 14.4. The molecule has 0 fully saturated rings. The lowest BCUT2D eigenvalue weighted by Gasteiger charge is -2.17. The lowest BCUT2D eigenvalue weighted by molar-refractivity contribution is -0.132. The van der Waals surface area contributed by atoms with Gasteiger partial charge in [-0.25, -0.2) is 9.36 Å². The van der Waals surface area contributed by atoms with Gasteiger partial charge >= 0.3 is 5.76 Å². The minimum absolute atomic E-state index is 0.101. The third-order valence-corrected chi connectivity index (χ3v) is 5.00. The number of aromatic nitrogens is 3. The molecule has 1 aliphatic rings. The Kier molecular flexibility index (Phi) is 5.26. The van der Waals surface area contributed by atoms with Gasteiger partial charge in [0.05, 0.1) is 37.1 Å². The monoisotopic (exact) mass is 409 g/mol. The molecule has 0 spiro atoms. The average molecular weight is 409 g/mol. The van der Waals surface area contributed by atoms with Crippen molar-refractivity contribution in [3.63, 3.8) is 0 Å². The third kappa shape index (κ3) is 4.05. The van der Waals surface area contributed by atoms with Gasteiger partial charge in [0.15, 0.2) is 5.82 Å². The van der Waals surface area contributed by atoms with Crippen LogP contribution in [-0.2, 0) is 29.1 Å².